The molecule has 3 unspecified atom stereocenters. The average Bonchev–Trinajstić information content (AvgIpc) is 3.05. The largest absolute Gasteiger partial charge is 0.386 e. The first kappa shape index (κ1) is 15.3. The Hall–Kier alpha value is -0.120. The molecule has 2 fully saturated rings. The summed E-state index contributed by atoms with van der Waals surface area (Å²) in [5.41, 5.74) is -0.367. The van der Waals surface area contributed by atoms with Crippen molar-refractivity contribution >= 4 is 0 Å². The number of nitrogens with one attached hydrogen (secondary N) is 1. The Morgan fingerprint density at radius 2 is 2.00 bits per heavy atom. The van der Waals surface area contributed by atoms with Crippen molar-refractivity contribution < 1.29 is 9.84 Å². The van der Waals surface area contributed by atoms with E-state index in [2.05, 4.69) is 26.1 Å². The second-order valence-electron chi connectivity index (χ2n) is 8.00. The number of rotatable bonds is 6. The Balaban J connectivity index is 1.73. The highest BCUT2D eigenvalue weighted by atomic mass is 16.5. The molecule has 2 saturated carbocycles. The van der Waals surface area contributed by atoms with Crippen molar-refractivity contribution in [3.05, 3.63) is 0 Å². The third-order valence-corrected chi connectivity index (χ3v) is 4.33. The van der Waals surface area contributed by atoms with Gasteiger partial charge in [-0.3, -0.25) is 0 Å². The fraction of sp³-hybridized carbons (Fsp3) is 1.00. The molecular formula is C16H31NO2. The van der Waals surface area contributed by atoms with E-state index < -0.39 is 5.60 Å². The number of aliphatic hydroxyl groups is 1. The first-order valence-corrected chi connectivity index (χ1v) is 7.83. The molecule has 0 aliphatic heterocycles. The van der Waals surface area contributed by atoms with Crippen LogP contribution in [0.1, 0.15) is 59.8 Å². The van der Waals surface area contributed by atoms with Gasteiger partial charge in [0.25, 0.3) is 0 Å². The van der Waals surface area contributed by atoms with Gasteiger partial charge in [0, 0.05) is 12.6 Å². The molecule has 19 heavy (non-hydrogen) atoms. The van der Waals surface area contributed by atoms with Gasteiger partial charge in [-0.1, -0.05) is 20.8 Å². The fourth-order valence-electron chi connectivity index (χ4n) is 3.39. The molecule has 2 N–H and O–H groups in total. The molecule has 112 valence electrons. The van der Waals surface area contributed by atoms with Crippen LogP contribution in [0.25, 0.3) is 0 Å². The number of ether oxygens (including phenoxy) is 1. The Kier molecular flexibility index (Phi) is 4.59. The Morgan fingerprint density at radius 1 is 1.32 bits per heavy atom. The Morgan fingerprint density at radius 3 is 2.58 bits per heavy atom. The molecule has 3 nitrogen and oxygen atoms in total. The normalized spacial score (nSPS) is 33.9. The minimum atomic E-state index is -0.743. The molecule has 3 heteroatoms. The van der Waals surface area contributed by atoms with Gasteiger partial charge in [0.1, 0.15) is 0 Å². The van der Waals surface area contributed by atoms with E-state index in [1.165, 1.54) is 19.3 Å². The van der Waals surface area contributed by atoms with Gasteiger partial charge < -0.3 is 15.2 Å². The van der Waals surface area contributed by atoms with E-state index in [9.17, 15) is 5.11 Å². The molecule has 0 spiro atoms. The van der Waals surface area contributed by atoms with E-state index in [0.717, 1.165) is 18.8 Å². The van der Waals surface area contributed by atoms with E-state index in [0.29, 0.717) is 30.7 Å². The van der Waals surface area contributed by atoms with Crippen LogP contribution in [-0.2, 0) is 4.74 Å². The summed E-state index contributed by atoms with van der Waals surface area (Å²) >= 11 is 0. The van der Waals surface area contributed by atoms with Gasteiger partial charge >= 0.3 is 0 Å². The van der Waals surface area contributed by atoms with E-state index in [4.69, 9.17) is 4.74 Å². The average molecular weight is 269 g/mol. The highest BCUT2D eigenvalue weighted by Gasteiger charge is 2.34. The SMILES string of the molecule is CC1CC(OCC(C)(O)CNC2CC2)CC(C)(C)C1. The highest BCUT2D eigenvalue weighted by Crippen LogP contribution is 2.39. The van der Waals surface area contributed by atoms with E-state index in [-0.39, 0.29) is 0 Å². The molecule has 0 heterocycles. The van der Waals surface area contributed by atoms with Crippen LogP contribution < -0.4 is 5.32 Å². The zero-order valence-corrected chi connectivity index (χ0v) is 13.0. The van der Waals surface area contributed by atoms with Crippen molar-refractivity contribution in [2.75, 3.05) is 13.2 Å². The zero-order chi connectivity index (χ0) is 14.1. The molecule has 2 aliphatic rings. The fourth-order valence-corrected chi connectivity index (χ4v) is 3.39. The van der Waals surface area contributed by atoms with Gasteiger partial charge in [0.15, 0.2) is 0 Å². The topological polar surface area (TPSA) is 41.5 Å². The van der Waals surface area contributed by atoms with Gasteiger partial charge in [-0.25, -0.2) is 0 Å². The lowest BCUT2D eigenvalue weighted by Crippen LogP contribution is -2.44. The van der Waals surface area contributed by atoms with Crippen LogP contribution in [-0.4, -0.2) is 36.0 Å². The molecule has 3 atom stereocenters. The molecule has 0 radical (unpaired) electrons. The maximum atomic E-state index is 10.3. The predicted octanol–water partition coefficient (Wildman–Crippen LogP) is 2.72. The van der Waals surface area contributed by atoms with Crippen molar-refractivity contribution in [1.29, 1.82) is 0 Å². The third kappa shape index (κ3) is 5.41. The zero-order valence-electron chi connectivity index (χ0n) is 13.0. The summed E-state index contributed by atoms with van der Waals surface area (Å²) in [6.07, 6.45) is 6.35. The lowest BCUT2D eigenvalue weighted by molar-refractivity contribution is -0.0898. The van der Waals surface area contributed by atoms with Crippen LogP contribution in [0.2, 0.25) is 0 Å². The van der Waals surface area contributed by atoms with Crippen molar-refractivity contribution in [2.45, 2.75) is 77.5 Å². The molecule has 0 aromatic carbocycles. The van der Waals surface area contributed by atoms with Crippen molar-refractivity contribution in [3.63, 3.8) is 0 Å². The molecule has 0 aromatic heterocycles. The van der Waals surface area contributed by atoms with Crippen LogP contribution in [0.5, 0.6) is 0 Å². The summed E-state index contributed by atoms with van der Waals surface area (Å²) in [5.74, 6) is 0.725. The van der Waals surface area contributed by atoms with E-state index >= 15 is 0 Å². The predicted molar refractivity (Wildman–Crippen MR) is 78.2 cm³/mol. The second kappa shape index (κ2) is 5.71. The first-order chi connectivity index (χ1) is 8.76. The summed E-state index contributed by atoms with van der Waals surface area (Å²) in [4.78, 5) is 0. The first-order valence-electron chi connectivity index (χ1n) is 7.83. The summed E-state index contributed by atoms with van der Waals surface area (Å²) < 4.78 is 6.02. The molecule has 0 bridgehead atoms. The molecule has 0 amide bonds. The molecule has 2 aliphatic carbocycles. The van der Waals surface area contributed by atoms with Gasteiger partial charge in [-0.05, 0) is 50.4 Å². The Labute approximate surface area is 118 Å². The number of hydrogen-bond donors (Lipinski definition) is 2. The smallest absolute Gasteiger partial charge is 0.0975 e. The monoisotopic (exact) mass is 269 g/mol. The van der Waals surface area contributed by atoms with Crippen LogP contribution in [0.15, 0.2) is 0 Å². The van der Waals surface area contributed by atoms with E-state index in [1.54, 1.807) is 0 Å². The standard InChI is InChI=1S/C16H31NO2/c1-12-7-14(9-15(2,3)8-12)19-11-16(4,18)10-17-13-5-6-13/h12-14,17-18H,5-11H2,1-4H3. The Bertz CT molecular complexity index is 297. The molecule has 2 rings (SSSR count). The van der Waals surface area contributed by atoms with Crippen molar-refractivity contribution in [2.24, 2.45) is 11.3 Å². The summed E-state index contributed by atoms with van der Waals surface area (Å²) in [6, 6.07) is 0.639. The maximum absolute atomic E-state index is 10.3. The van der Waals surface area contributed by atoms with Crippen LogP contribution in [0.3, 0.4) is 0 Å². The molecule has 0 saturated heterocycles. The highest BCUT2D eigenvalue weighted by molar-refractivity contribution is 4.87. The maximum Gasteiger partial charge on any atom is 0.0975 e. The summed E-state index contributed by atoms with van der Waals surface area (Å²) in [6.45, 7) is 9.92. The van der Waals surface area contributed by atoms with Gasteiger partial charge in [0.05, 0.1) is 18.3 Å². The van der Waals surface area contributed by atoms with Gasteiger partial charge in [0.2, 0.25) is 0 Å². The lowest BCUT2D eigenvalue weighted by Gasteiger charge is -2.39. The van der Waals surface area contributed by atoms with Crippen LogP contribution in [0, 0.1) is 11.3 Å². The molecular weight excluding hydrogens is 238 g/mol. The van der Waals surface area contributed by atoms with Gasteiger partial charge in [-0.2, -0.15) is 0 Å². The number of hydrogen-bond acceptors (Lipinski definition) is 3. The van der Waals surface area contributed by atoms with Crippen LogP contribution >= 0.6 is 0 Å². The quantitative estimate of drug-likeness (QED) is 0.779. The van der Waals surface area contributed by atoms with Gasteiger partial charge in [-0.15, -0.1) is 0 Å². The van der Waals surface area contributed by atoms with Crippen molar-refractivity contribution in [3.8, 4) is 0 Å². The minimum absolute atomic E-state index is 0.311. The summed E-state index contributed by atoms with van der Waals surface area (Å²) in [5, 5.41) is 13.7. The second-order valence-corrected chi connectivity index (χ2v) is 8.00. The molecule has 0 aromatic rings. The van der Waals surface area contributed by atoms with Crippen LogP contribution in [0.4, 0.5) is 0 Å². The third-order valence-electron chi connectivity index (χ3n) is 4.33. The van der Waals surface area contributed by atoms with Crippen molar-refractivity contribution in [1.82, 2.24) is 5.32 Å². The lowest BCUT2D eigenvalue weighted by atomic mass is 9.71. The minimum Gasteiger partial charge on any atom is -0.386 e. The summed E-state index contributed by atoms with van der Waals surface area (Å²) in [7, 11) is 0. The van der Waals surface area contributed by atoms with E-state index in [1.807, 2.05) is 6.92 Å².